The first kappa shape index (κ1) is 12.3. The molecule has 94 valence electrons. The Morgan fingerprint density at radius 2 is 1.94 bits per heavy atom. The van der Waals surface area contributed by atoms with Gasteiger partial charge in [-0.25, -0.2) is 4.98 Å². The molecule has 0 spiro atoms. The Morgan fingerprint density at radius 1 is 1.28 bits per heavy atom. The summed E-state index contributed by atoms with van der Waals surface area (Å²) < 4.78 is 38.0. The quantitative estimate of drug-likeness (QED) is 0.850. The average Bonchev–Trinajstić information content (AvgIpc) is 2.25. The number of halogens is 3. The van der Waals surface area contributed by atoms with E-state index in [9.17, 15) is 18.0 Å². The molecule has 0 bridgehead atoms. The molecular weight excluding hydrogens is 245 g/mol. The van der Waals surface area contributed by atoms with Crippen molar-refractivity contribution >= 4 is 16.8 Å². The van der Waals surface area contributed by atoms with Gasteiger partial charge in [0.25, 0.3) is 0 Å². The van der Waals surface area contributed by atoms with Gasteiger partial charge in [-0.2, -0.15) is 13.2 Å². The smallest absolute Gasteiger partial charge is 0.366 e. The van der Waals surface area contributed by atoms with Gasteiger partial charge in [-0.1, -0.05) is 6.07 Å². The van der Waals surface area contributed by atoms with Crippen molar-refractivity contribution in [3.63, 3.8) is 0 Å². The van der Waals surface area contributed by atoms with Crippen molar-refractivity contribution in [2.75, 3.05) is 0 Å². The third-order valence-corrected chi connectivity index (χ3v) is 2.56. The van der Waals surface area contributed by atoms with E-state index in [1.807, 2.05) is 0 Å². The summed E-state index contributed by atoms with van der Waals surface area (Å²) in [6, 6.07) is 5.62. The summed E-state index contributed by atoms with van der Waals surface area (Å²) in [5, 5.41) is 0.533. The van der Waals surface area contributed by atoms with Crippen LogP contribution >= 0.6 is 0 Å². The van der Waals surface area contributed by atoms with Crippen molar-refractivity contribution in [3.05, 3.63) is 41.1 Å². The van der Waals surface area contributed by atoms with Crippen molar-refractivity contribution in [2.24, 2.45) is 5.73 Å². The van der Waals surface area contributed by atoms with Crippen LogP contribution in [0.1, 0.15) is 21.6 Å². The van der Waals surface area contributed by atoms with Crippen LogP contribution in [0.3, 0.4) is 0 Å². The maximum Gasteiger partial charge on any atom is 0.433 e. The average molecular weight is 254 g/mol. The second-order valence-corrected chi connectivity index (χ2v) is 3.92. The van der Waals surface area contributed by atoms with Crippen LogP contribution in [0.5, 0.6) is 0 Å². The Balaban J connectivity index is 2.71. The summed E-state index contributed by atoms with van der Waals surface area (Å²) in [5.41, 5.74) is 4.40. The monoisotopic (exact) mass is 254 g/mol. The summed E-state index contributed by atoms with van der Waals surface area (Å²) in [5.74, 6) is -0.701. The summed E-state index contributed by atoms with van der Waals surface area (Å²) in [7, 11) is 0. The molecule has 1 amide bonds. The normalized spacial score (nSPS) is 11.8. The molecule has 1 aromatic heterocycles. The van der Waals surface area contributed by atoms with E-state index in [4.69, 9.17) is 5.73 Å². The van der Waals surface area contributed by atoms with Gasteiger partial charge in [-0.3, -0.25) is 4.79 Å². The first-order valence-corrected chi connectivity index (χ1v) is 5.07. The largest absolute Gasteiger partial charge is 0.433 e. The van der Waals surface area contributed by atoms with E-state index in [1.54, 1.807) is 0 Å². The number of rotatable bonds is 1. The number of alkyl halides is 3. The number of fused-ring (bicyclic) bond motifs is 1. The third kappa shape index (κ3) is 2.13. The van der Waals surface area contributed by atoms with E-state index < -0.39 is 17.8 Å². The molecule has 2 aromatic rings. The van der Waals surface area contributed by atoms with E-state index >= 15 is 0 Å². The molecule has 0 radical (unpaired) electrons. The Kier molecular flexibility index (Phi) is 2.73. The molecule has 18 heavy (non-hydrogen) atoms. The van der Waals surface area contributed by atoms with Crippen molar-refractivity contribution in [3.8, 4) is 0 Å². The molecule has 3 nitrogen and oxygen atoms in total. The lowest BCUT2D eigenvalue weighted by Gasteiger charge is -2.10. The van der Waals surface area contributed by atoms with Gasteiger partial charge in [0.2, 0.25) is 5.91 Å². The van der Waals surface area contributed by atoms with Crippen LogP contribution in [0.25, 0.3) is 10.9 Å². The summed E-state index contributed by atoms with van der Waals surface area (Å²) in [4.78, 5) is 14.5. The van der Waals surface area contributed by atoms with Crippen molar-refractivity contribution in [1.82, 2.24) is 4.98 Å². The number of nitrogens with zero attached hydrogens (tertiary/aromatic N) is 1. The number of benzene rings is 1. The van der Waals surface area contributed by atoms with Gasteiger partial charge in [0.1, 0.15) is 5.69 Å². The highest BCUT2D eigenvalue weighted by Crippen LogP contribution is 2.32. The molecule has 0 aliphatic carbocycles. The number of carbonyl (C=O) groups excluding carboxylic acids is 1. The molecule has 0 unspecified atom stereocenters. The lowest BCUT2D eigenvalue weighted by Crippen LogP contribution is -2.12. The van der Waals surface area contributed by atoms with E-state index in [0.717, 1.165) is 0 Å². The molecule has 1 aromatic carbocycles. The molecular formula is C12H9F3N2O. The molecule has 0 aliphatic heterocycles. The highest BCUT2D eigenvalue weighted by molar-refractivity contribution is 5.96. The van der Waals surface area contributed by atoms with Gasteiger partial charge in [-0.15, -0.1) is 0 Å². The maximum atomic E-state index is 12.7. The highest BCUT2D eigenvalue weighted by Gasteiger charge is 2.34. The summed E-state index contributed by atoms with van der Waals surface area (Å²) in [6.45, 7) is 1.34. The SMILES string of the molecule is Cc1cc2ccc(C(N)=O)cc2nc1C(F)(F)F. The minimum absolute atomic E-state index is 0.0434. The fourth-order valence-corrected chi connectivity index (χ4v) is 1.71. The third-order valence-electron chi connectivity index (χ3n) is 2.56. The molecule has 0 saturated carbocycles. The van der Waals surface area contributed by atoms with Crippen LogP contribution < -0.4 is 5.73 Å². The number of amides is 1. The van der Waals surface area contributed by atoms with Crippen LogP contribution in [-0.2, 0) is 6.18 Å². The summed E-state index contributed by atoms with van der Waals surface area (Å²) >= 11 is 0. The predicted molar refractivity (Wildman–Crippen MR) is 60.0 cm³/mol. The van der Waals surface area contributed by atoms with Crippen LogP contribution in [0, 0.1) is 6.92 Å². The van der Waals surface area contributed by atoms with Crippen LogP contribution in [0.2, 0.25) is 0 Å². The van der Waals surface area contributed by atoms with Crippen molar-refractivity contribution < 1.29 is 18.0 Å². The van der Waals surface area contributed by atoms with E-state index in [1.165, 1.54) is 31.2 Å². The van der Waals surface area contributed by atoms with Crippen LogP contribution in [0.4, 0.5) is 13.2 Å². The Bertz CT molecular complexity index is 635. The lowest BCUT2D eigenvalue weighted by molar-refractivity contribution is -0.141. The van der Waals surface area contributed by atoms with Gasteiger partial charge >= 0.3 is 6.18 Å². The molecule has 2 N–H and O–H groups in total. The molecule has 6 heteroatoms. The first-order valence-electron chi connectivity index (χ1n) is 5.07. The minimum atomic E-state index is -4.51. The Morgan fingerprint density at radius 3 is 2.50 bits per heavy atom. The zero-order chi connectivity index (χ0) is 13.5. The molecule has 1 heterocycles. The number of primary amides is 1. The fraction of sp³-hybridized carbons (Fsp3) is 0.167. The first-order chi connectivity index (χ1) is 8.29. The second-order valence-electron chi connectivity index (χ2n) is 3.92. The van der Waals surface area contributed by atoms with Gasteiger partial charge < -0.3 is 5.73 Å². The number of carbonyl (C=O) groups is 1. The Labute approximate surface area is 100 Å². The highest BCUT2D eigenvalue weighted by atomic mass is 19.4. The molecule has 0 atom stereocenters. The van der Waals surface area contributed by atoms with Gasteiger partial charge in [-0.05, 0) is 30.7 Å². The summed E-state index contributed by atoms with van der Waals surface area (Å²) in [6.07, 6.45) is -4.51. The number of aromatic nitrogens is 1. The van der Waals surface area contributed by atoms with Gasteiger partial charge in [0, 0.05) is 10.9 Å². The lowest BCUT2D eigenvalue weighted by atomic mass is 10.1. The number of aryl methyl sites for hydroxylation is 1. The van der Waals surface area contributed by atoms with E-state index in [2.05, 4.69) is 4.98 Å². The van der Waals surface area contributed by atoms with E-state index in [-0.39, 0.29) is 16.6 Å². The predicted octanol–water partition coefficient (Wildman–Crippen LogP) is 2.66. The topological polar surface area (TPSA) is 56.0 Å². The number of hydrogen-bond donors (Lipinski definition) is 1. The van der Waals surface area contributed by atoms with Crippen LogP contribution in [-0.4, -0.2) is 10.9 Å². The molecule has 0 aliphatic rings. The van der Waals surface area contributed by atoms with Gasteiger partial charge in [0.05, 0.1) is 5.52 Å². The number of hydrogen-bond acceptors (Lipinski definition) is 2. The second kappa shape index (κ2) is 3.97. The van der Waals surface area contributed by atoms with Gasteiger partial charge in [0.15, 0.2) is 0 Å². The van der Waals surface area contributed by atoms with Crippen LogP contribution in [0.15, 0.2) is 24.3 Å². The number of pyridine rings is 1. The number of nitrogens with two attached hydrogens (primary N) is 1. The molecule has 2 rings (SSSR count). The molecule has 0 saturated heterocycles. The molecule has 0 fully saturated rings. The standard InChI is InChI=1S/C12H9F3N2O/c1-6-4-7-2-3-8(11(16)18)5-9(7)17-10(6)12(13,14)15/h2-5H,1H3,(H2,16,18). The van der Waals surface area contributed by atoms with E-state index in [0.29, 0.717) is 5.39 Å². The zero-order valence-corrected chi connectivity index (χ0v) is 9.38. The minimum Gasteiger partial charge on any atom is -0.366 e. The maximum absolute atomic E-state index is 12.7. The fourth-order valence-electron chi connectivity index (χ4n) is 1.71. The van der Waals surface area contributed by atoms with Crippen molar-refractivity contribution in [2.45, 2.75) is 13.1 Å². The van der Waals surface area contributed by atoms with Crippen molar-refractivity contribution in [1.29, 1.82) is 0 Å². The Hall–Kier alpha value is -2.11. The zero-order valence-electron chi connectivity index (χ0n) is 9.38.